The zero-order valence-electron chi connectivity index (χ0n) is 14.8. The summed E-state index contributed by atoms with van der Waals surface area (Å²) in [4.78, 5) is 16.3. The number of fused-ring (bicyclic) bond motifs is 1. The van der Waals surface area contributed by atoms with Crippen molar-refractivity contribution < 1.29 is 4.79 Å². The van der Waals surface area contributed by atoms with E-state index in [4.69, 9.17) is 0 Å². The molecule has 1 amide bonds. The van der Waals surface area contributed by atoms with Crippen LogP contribution in [0, 0.1) is 6.92 Å². The van der Waals surface area contributed by atoms with E-state index in [-0.39, 0.29) is 11.9 Å². The van der Waals surface area contributed by atoms with Crippen LogP contribution in [0.2, 0.25) is 0 Å². The lowest BCUT2D eigenvalue weighted by Crippen LogP contribution is -2.37. The van der Waals surface area contributed by atoms with Crippen molar-refractivity contribution in [2.75, 3.05) is 18.0 Å². The second-order valence-electron chi connectivity index (χ2n) is 6.68. The summed E-state index contributed by atoms with van der Waals surface area (Å²) in [5.74, 6) is -0.0148. The second kappa shape index (κ2) is 7.34. The molecule has 1 aliphatic heterocycles. The number of aryl methyl sites for hydroxylation is 1. The Bertz CT molecular complexity index is 887. The van der Waals surface area contributed by atoms with Crippen molar-refractivity contribution in [2.24, 2.45) is 0 Å². The molecule has 1 aliphatic rings. The highest BCUT2D eigenvalue weighted by atomic mass is 32.1. The van der Waals surface area contributed by atoms with Crippen molar-refractivity contribution in [3.8, 4) is 0 Å². The molecule has 4 heteroatoms. The van der Waals surface area contributed by atoms with Crippen LogP contribution in [-0.4, -0.2) is 19.0 Å². The fourth-order valence-corrected chi connectivity index (χ4v) is 4.37. The van der Waals surface area contributed by atoms with Crippen molar-refractivity contribution in [1.29, 1.82) is 0 Å². The number of para-hydroxylation sites is 1. The van der Waals surface area contributed by atoms with E-state index in [0.29, 0.717) is 12.1 Å². The van der Waals surface area contributed by atoms with E-state index in [1.54, 1.807) is 11.3 Å². The molecule has 1 atom stereocenters. The highest BCUT2D eigenvalue weighted by Crippen LogP contribution is 2.36. The summed E-state index contributed by atoms with van der Waals surface area (Å²) in [5.41, 5.74) is 4.54. The predicted molar refractivity (Wildman–Crippen MR) is 108 cm³/mol. The minimum absolute atomic E-state index is 0.0148. The van der Waals surface area contributed by atoms with Gasteiger partial charge in [-0.1, -0.05) is 42.0 Å². The van der Waals surface area contributed by atoms with Gasteiger partial charge >= 0.3 is 0 Å². The van der Waals surface area contributed by atoms with Crippen molar-refractivity contribution in [3.63, 3.8) is 0 Å². The number of carbonyl (C=O) groups is 1. The van der Waals surface area contributed by atoms with Crippen LogP contribution in [0.5, 0.6) is 0 Å². The van der Waals surface area contributed by atoms with E-state index >= 15 is 0 Å². The first-order chi connectivity index (χ1) is 12.7. The van der Waals surface area contributed by atoms with Gasteiger partial charge in [0.1, 0.15) is 0 Å². The lowest BCUT2D eigenvalue weighted by molar-refractivity contribution is 0.0951. The zero-order valence-corrected chi connectivity index (χ0v) is 15.6. The Labute approximate surface area is 158 Å². The van der Waals surface area contributed by atoms with Crippen LogP contribution in [0.15, 0.2) is 66.0 Å². The van der Waals surface area contributed by atoms with Gasteiger partial charge in [-0.15, -0.1) is 11.3 Å². The second-order valence-corrected chi connectivity index (χ2v) is 7.66. The molecule has 0 radical (unpaired) electrons. The van der Waals surface area contributed by atoms with Gasteiger partial charge in [0.2, 0.25) is 0 Å². The van der Waals surface area contributed by atoms with E-state index < -0.39 is 0 Å². The molecule has 0 saturated carbocycles. The smallest absolute Gasteiger partial charge is 0.251 e. The summed E-state index contributed by atoms with van der Waals surface area (Å²) in [6.07, 6.45) is 1.06. The Morgan fingerprint density at radius 1 is 1.12 bits per heavy atom. The van der Waals surface area contributed by atoms with Gasteiger partial charge in [-0.05, 0) is 48.6 Å². The molecule has 0 bridgehead atoms. The third kappa shape index (κ3) is 3.37. The van der Waals surface area contributed by atoms with Crippen molar-refractivity contribution in [1.82, 2.24) is 5.32 Å². The van der Waals surface area contributed by atoms with E-state index in [0.717, 1.165) is 18.5 Å². The van der Waals surface area contributed by atoms with Gasteiger partial charge in [-0.3, -0.25) is 4.79 Å². The molecule has 0 aliphatic carbocycles. The minimum Gasteiger partial charge on any atom is -0.361 e. The lowest BCUT2D eigenvalue weighted by Gasteiger charge is -2.30. The number of benzene rings is 2. The molecule has 0 saturated heterocycles. The number of nitrogens with zero attached hydrogens (tertiary/aromatic N) is 1. The number of anilines is 1. The van der Waals surface area contributed by atoms with Crippen molar-refractivity contribution in [3.05, 3.63) is 87.6 Å². The van der Waals surface area contributed by atoms with Gasteiger partial charge < -0.3 is 10.2 Å². The Hall–Kier alpha value is -2.59. The molecular weight excluding hydrogens is 340 g/mol. The van der Waals surface area contributed by atoms with Crippen LogP contribution >= 0.6 is 11.3 Å². The first-order valence-corrected chi connectivity index (χ1v) is 9.83. The maximum absolute atomic E-state index is 12.6. The number of rotatable bonds is 5. The fourth-order valence-electron chi connectivity index (χ4n) is 3.53. The molecule has 3 nitrogen and oxygen atoms in total. The molecule has 0 spiro atoms. The summed E-state index contributed by atoms with van der Waals surface area (Å²) >= 11 is 1.75. The first-order valence-electron chi connectivity index (χ1n) is 8.95. The average Bonchev–Trinajstić information content (AvgIpc) is 3.33. The van der Waals surface area contributed by atoms with Gasteiger partial charge in [0.05, 0.1) is 6.04 Å². The number of carbonyl (C=O) groups excluding carboxylic acids is 1. The predicted octanol–water partition coefficient (Wildman–Crippen LogP) is 4.59. The van der Waals surface area contributed by atoms with E-state index in [1.165, 1.54) is 16.1 Å². The summed E-state index contributed by atoms with van der Waals surface area (Å²) in [5, 5.41) is 5.24. The molecule has 1 aromatic heterocycles. The molecular formula is C22H22N2OS. The summed E-state index contributed by atoms with van der Waals surface area (Å²) in [6, 6.07) is 20.7. The third-order valence-electron chi connectivity index (χ3n) is 4.94. The van der Waals surface area contributed by atoms with Crippen LogP contribution < -0.4 is 10.2 Å². The van der Waals surface area contributed by atoms with Gasteiger partial charge in [0.25, 0.3) is 5.91 Å². The van der Waals surface area contributed by atoms with Gasteiger partial charge in [0, 0.05) is 29.2 Å². The topological polar surface area (TPSA) is 32.3 Å². The maximum Gasteiger partial charge on any atom is 0.251 e. The maximum atomic E-state index is 12.6. The lowest BCUT2D eigenvalue weighted by atomic mass is 10.1. The number of thiophene rings is 1. The molecule has 2 aromatic carbocycles. The molecule has 132 valence electrons. The Balaban J connectivity index is 1.54. The Morgan fingerprint density at radius 2 is 1.92 bits per heavy atom. The van der Waals surface area contributed by atoms with Crippen LogP contribution in [0.4, 0.5) is 5.69 Å². The summed E-state index contributed by atoms with van der Waals surface area (Å²) in [6.45, 7) is 3.61. The normalized spacial score (nSPS) is 14.1. The van der Waals surface area contributed by atoms with E-state index in [1.807, 2.05) is 31.2 Å². The Kier molecular flexibility index (Phi) is 4.76. The van der Waals surface area contributed by atoms with Crippen LogP contribution in [0.1, 0.15) is 32.4 Å². The Morgan fingerprint density at radius 3 is 2.69 bits per heavy atom. The quantitative estimate of drug-likeness (QED) is 0.720. The minimum atomic E-state index is -0.0148. The molecule has 2 heterocycles. The molecule has 4 rings (SSSR count). The molecule has 0 fully saturated rings. The van der Waals surface area contributed by atoms with Gasteiger partial charge in [0.15, 0.2) is 0 Å². The van der Waals surface area contributed by atoms with Gasteiger partial charge in [-0.2, -0.15) is 0 Å². The summed E-state index contributed by atoms with van der Waals surface area (Å²) < 4.78 is 0. The van der Waals surface area contributed by atoms with Crippen LogP contribution in [-0.2, 0) is 6.42 Å². The first kappa shape index (κ1) is 16.9. The number of hydrogen-bond donors (Lipinski definition) is 1. The third-order valence-corrected chi connectivity index (χ3v) is 5.91. The van der Waals surface area contributed by atoms with E-state index in [9.17, 15) is 4.79 Å². The van der Waals surface area contributed by atoms with E-state index in [2.05, 4.69) is 52.0 Å². The largest absolute Gasteiger partial charge is 0.361 e. The SMILES string of the molecule is Cc1ccc(C(=O)NCC(c2cccs2)N2CCc3ccccc32)cc1. The standard InChI is InChI=1S/C22H22N2OS/c1-16-8-10-18(11-9-16)22(25)23-15-20(21-7-4-14-26-21)24-13-12-17-5-2-3-6-19(17)24/h2-11,14,20H,12-13,15H2,1H3,(H,23,25). The fraction of sp³-hybridized carbons (Fsp3) is 0.227. The molecule has 1 N–H and O–H groups in total. The molecule has 26 heavy (non-hydrogen) atoms. The monoisotopic (exact) mass is 362 g/mol. The van der Waals surface area contributed by atoms with Crippen LogP contribution in [0.3, 0.4) is 0 Å². The van der Waals surface area contributed by atoms with Gasteiger partial charge in [-0.25, -0.2) is 0 Å². The summed E-state index contributed by atoms with van der Waals surface area (Å²) in [7, 11) is 0. The number of hydrogen-bond acceptors (Lipinski definition) is 3. The average molecular weight is 362 g/mol. The van der Waals surface area contributed by atoms with Crippen LogP contribution in [0.25, 0.3) is 0 Å². The zero-order chi connectivity index (χ0) is 17.9. The number of amides is 1. The highest BCUT2D eigenvalue weighted by Gasteiger charge is 2.28. The van der Waals surface area contributed by atoms with Crippen molar-refractivity contribution in [2.45, 2.75) is 19.4 Å². The molecule has 3 aromatic rings. The highest BCUT2D eigenvalue weighted by molar-refractivity contribution is 7.10. The number of nitrogens with one attached hydrogen (secondary N) is 1. The molecule has 1 unspecified atom stereocenters. The van der Waals surface area contributed by atoms with Crippen molar-refractivity contribution >= 4 is 22.9 Å².